The number of aromatic nitrogens is 2. The summed E-state index contributed by atoms with van der Waals surface area (Å²) in [7, 11) is 1.49. The zero-order valence-corrected chi connectivity index (χ0v) is 11.6. The van der Waals surface area contributed by atoms with E-state index in [4.69, 9.17) is 15.9 Å². The summed E-state index contributed by atoms with van der Waals surface area (Å²) in [6.07, 6.45) is 5.02. The van der Waals surface area contributed by atoms with E-state index >= 15 is 0 Å². The Kier molecular flexibility index (Phi) is 3.64. The summed E-state index contributed by atoms with van der Waals surface area (Å²) in [4.78, 5) is 0. The first kappa shape index (κ1) is 13.4. The summed E-state index contributed by atoms with van der Waals surface area (Å²) in [6, 6.07) is 1.91. The van der Waals surface area contributed by atoms with Gasteiger partial charge in [0, 0.05) is 10.7 Å². The molecule has 1 heterocycles. The Hall–Kier alpha value is -1.06. The molecule has 7 heteroatoms. The predicted molar refractivity (Wildman–Crippen MR) is 66.8 cm³/mol. The van der Waals surface area contributed by atoms with Crippen LogP contribution in [-0.2, 0) is 9.05 Å². The van der Waals surface area contributed by atoms with Crippen molar-refractivity contribution in [1.29, 1.82) is 5.26 Å². The van der Waals surface area contributed by atoms with Crippen LogP contribution in [0.1, 0.15) is 49.4 Å². The Morgan fingerprint density at radius 3 is 2.50 bits per heavy atom. The van der Waals surface area contributed by atoms with E-state index in [-0.39, 0.29) is 16.6 Å². The van der Waals surface area contributed by atoms with Crippen LogP contribution in [0.4, 0.5) is 0 Å². The van der Waals surface area contributed by atoms with Crippen LogP contribution in [0, 0.1) is 18.3 Å². The van der Waals surface area contributed by atoms with Crippen molar-refractivity contribution in [3.63, 3.8) is 0 Å². The van der Waals surface area contributed by atoms with Gasteiger partial charge in [-0.2, -0.15) is 10.4 Å². The van der Waals surface area contributed by atoms with Crippen LogP contribution in [0.25, 0.3) is 0 Å². The molecule has 1 aliphatic rings. The van der Waals surface area contributed by atoms with Crippen molar-refractivity contribution in [1.82, 2.24) is 9.78 Å². The molecule has 0 aliphatic heterocycles. The summed E-state index contributed by atoms with van der Waals surface area (Å²) in [5.74, 6) is 0. The van der Waals surface area contributed by atoms with Gasteiger partial charge in [-0.1, -0.05) is 19.3 Å². The maximum atomic E-state index is 11.6. The van der Waals surface area contributed by atoms with Gasteiger partial charge < -0.3 is 0 Å². The molecule has 2 rings (SSSR count). The Balaban J connectivity index is 2.57. The van der Waals surface area contributed by atoms with E-state index in [2.05, 4.69) is 5.10 Å². The lowest BCUT2D eigenvalue weighted by atomic mass is 9.96. The van der Waals surface area contributed by atoms with E-state index in [1.807, 2.05) is 6.07 Å². The van der Waals surface area contributed by atoms with Crippen molar-refractivity contribution in [2.75, 3.05) is 0 Å². The molecule has 5 nitrogen and oxygen atoms in total. The minimum Gasteiger partial charge on any atom is -0.248 e. The first-order valence-corrected chi connectivity index (χ1v) is 8.20. The second kappa shape index (κ2) is 4.90. The lowest BCUT2D eigenvalue weighted by Crippen LogP contribution is -2.17. The van der Waals surface area contributed by atoms with Gasteiger partial charge in [0.15, 0.2) is 5.03 Å². The number of hydrogen-bond acceptors (Lipinski definition) is 4. The van der Waals surface area contributed by atoms with Crippen LogP contribution < -0.4 is 0 Å². The summed E-state index contributed by atoms with van der Waals surface area (Å²) in [5.41, 5.74) is 0.484. The molecule has 1 aromatic rings. The van der Waals surface area contributed by atoms with Crippen LogP contribution in [0.5, 0.6) is 0 Å². The number of hydrogen-bond donors (Lipinski definition) is 0. The third kappa shape index (κ3) is 2.38. The molecule has 0 unspecified atom stereocenters. The van der Waals surface area contributed by atoms with Gasteiger partial charge in [-0.25, -0.2) is 13.1 Å². The number of rotatable bonds is 2. The van der Waals surface area contributed by atoms with E-state index in [0.717, 1.165) is 32.1 Å². The Labute approximate surface area is 111 Å². The van der Waals surface area contributed by atoms with Crippen LogP contribution in [0.2, 0.25) is 0 Å². The molecule has 1 aliphatic carbocycles. The van der Waals surface area contributed by atoms with Gasteiger partial charge in [-0.15, -0.1) is 0 Å². The second-order valence-electron chi connectivity index (χ2n) is 4.55. The van der Waals surface area contributed by atoms with E-state index in [1.54, 1.807) is 6.92 Å². The fourth-order valence-corrected chi connectivity index (χ4v) is 3.76. The lowest BCUT2D eigenvalue weighted by Gasteiger charge is -2.23. The van der Waals surface area contributed by atoms with Gasteiger partial charge in [0.25, 0.3) is 9.05 Å². The molecular weight excluding hydrogens is 274 g/mol. The maximum absolute atomic E-state index is 11.6. The third-order valence-corrected chi connectivity index (χ3v) is 4.60. The van der Waals surface area contributed by atoms with Gasteiger partial charge in [-0.05, 0) is 19.8 Å². The summed E-state index contributed by atoms with van der Waals surface area (Å²) in [5, 5.41) is 13.1. The maximum Gasteiger partial charge on any atom is 0.279 e. The number of halogens is 1. The quantitative estimate of drug-likeness (QED) is 0.783. The summed E-state index contributed by atoms with van der Waals surface area (Å²) >= 11 is 0. The Morgan fingerprint density at radius 2 is 2.00 bits per heavy atom. The van der Waals surface area contributed by atoms with Crippen molar-refractivity contribution in [2.24, 2.45) is 0 Å². The van der Waals surface area contributed by atoms with E-state index in [9.17, 15) is 8.42 Å². The number of nitrogens with zero attached hydrogens (tertiary/aromatic N) is 3. The highest BCUT2D eigenvalue weighted by atomic mass is 35.7. The SMILES string of the molecule is Cc1nn(C2CCCCC2)c(S(=O)(=O)Cl)c1C#N. The number of nitriles is 1. The van der Waals surface area contributed by atoms with Crippen LogP contribution in [0.15, 0.2) is 5.03 Å². The molecule has 0 saturated heterocycles. The molecule has 0 N–H and O–H groups in total. The largest absolute Gasteiger partial charge is 0.279 e. The van der Waals surface area contributed by atoms with Gasteiger partial charge in [-0.3, -0.25) is 0 Å². The molecule has 1 saturated carbocycles. The summed E-state index contributed by atoms with van der Waals surface area (Å²) in [6.45, 7) is 1.63. The van der Waals surface area contributed by atoms with Gasteiger partial charge >= 0.3 is 0 Å². The van der Waals surface area contributed by atoms with Crippen LogP contribution in [-0.4, -0.2) is 18.2 Å². The van der Waals surface area contributed by atoms with Crippen LogP contribution >= 0.6 is 10.7 Å². The fourth-order valence-electron chi connectivity index (χ4n) is 2.46. The molecule has 0 radical (unpaired) electrons. The van der Waals surface area contributed by atoms with Crippen molar-refractivity contribution in [3.8, 4) is 6.07 Å². The molecule has 0 aromatic carbocycles. The summed E-state index contributed by atoms with van der Waals surface area (Å²) < 4.78 is 24.7. The minimum absolute atomic E-state index is 0.0306. The molecule has 18 heavy (non-hydrogen) atoms. The Morgan fingerprint density at radius 1 is 1.39 bits per heavy atom. The second-order valence-corrected chi connectivity index (χ2v) is 7.03. The van der Waals surface area contributed by atoms with Crippen LogP contribution in [0.3, 0.4) is 0 Å². The topological polar surface area (TPSA) is 75.8 Å². The molecule has 0 amide bonds. The molecule has 0 spiro atoms. The zero-order chi connectivity index (χ0) is 13.3. The third-order valence-electron chi connectivity index (χ3n) is 3.30. The van der Waals surface area contributed by atoms with Gasteiger partial charge in [0.05, 0.1) is 11.7 Å². The standard InChI is InChI=1S/C11H14ClN3O2S/c1-8-10(7-13)11(18(12,16)17)15(14-8)9-5-3-2-4-6-9/h9H,2-6H2,1H3. The minimum atomic E-state index is -3.95. The fraction of sp³-hybridized carbons (Fsp3) is 0.636. The highest BCUT2D eigenvalue weighted by Crippen LogP contribution is 2.33. The highest BCUT2D eigenvalue weighted by Gasteiger charge is 2.29. The normalized spacial score (nSPS) is 17.6. The molecule has 0 bridgehead atoms. The highest BCUT2D eigenvalue weighted by molar-refractivity contribution is 8.13. The molecule has 1 aromatic heterocycles. The predicted octanol–water partition coefficient (Wildman–Crippen LogP) is 2.50. The number of aryl methyl sites for hydroxylation is 1. The average Bonchev–Trinajstić information content (AvgIpc) is 2.67. The zero-order valence-electron chi connectivity index (χ0n) is 10.1. The van der Waals surface area contributed by atoms with Crippen molar-refractivity contribution in [3.05, 3.63) is 11.3 Å². The monoisotopic (exact) mass is 287 g/mol. The molecule has 98 valence electrons. The van der Waals surface area contributed by atoms with E-state index < -0.39 is 9.05 Å². The lowest BCUT2D eigenvalue weighted by molar-refractivity contribution is 0.310. The Bertz CT molecular complexity index is 595. The smallest absolute Gasteiger partial charge is 0.248 e. The van der Waals surface area contributed by atoms with E-state index in [1.165, 1.54) is 4.68 Å². The van der Waals surface area contributed by atoms with Crippen molar-refractivity contribution in [2.45, 2.75) is 50.1 Å². The molecule has 0 atom stereocenters. The van der Waals surface area contributed by atoms with E-state index in [0.29, 0.717) is 5.69 Å². The van der Waals surface area contributed by atoms with Crippen molar-refractivity contribution >= 4 is 19.7 Å². The van der Waals surface area contributed by atoms with Gasteiger partial charge in [0.1, 0.15) is 11.6 Å². The first-order valence-electron chi connectivity index (χ1n) is 5.89. The molecular formula is C11H14ClN3O2S. The first-order chi connectivity index (χ1) is 8.45. The van der Waals surface area contributed by atoms with Gasteiger partial charge in [0.2, 0.25) is 0 Å². The molecule has 1 fully saturated rings. The average molecular weight is 288 g/mol. The van der Waals surface area contributed by atoms with Crippen molar-refractivity contribution < 1.29 is 8.42 Å².